The monoisotopic (exact) mass is 400 g/mol. The van der Waals surface area contributed by atoms with Gasteiger partial charge in [0.1, 0.15) is 21.6 Å². The lowest BCUT2D eigenvalue weighted by Gasteiger charge is -2.22. The SMILES string of the molecule is CC(C(=O)Nc1cccc2nonc12)N1C(=O)C(=Cc2ccco2)SC1=S. The molecule has 8 nitrogen and oxygen atoms in total. The van der Waals surface area contributed by atoms with Crippen molar-refractivity contribution < 1.29 is 18.6 Å². The Morgan fingerprint density at radius 2 is 2.19 bits per heavy atom. The van der Waals surface area contributed by atoms with Gasteiger partial charge in [0, 0.05) is 6.08 Å². The van der Waals surface area contributed by atoms with E-state index < -0.39 is 11.9 Å². The first-order chi connectivity index (χ1) is 13.0. The molecule has 1 aliphatic heterocycles. The van der Waals surface area contributed by atoms with E-state index in [-0.39, 0.29) is 5.91 Å². The Kier molecular flexibility index (Phi) is 4.50. The fourth-order valence-electron chi connectivity index (χ4n) is 2.58. The number of hydrogen-bond acceptors (Lipinski definition) is 8. The summed E-state index contributed by atoms with van der Waals surface area (Å²) in [7, 11) is 0. The van der Waals surface area contributed by atoms with Gasteiger partial charge in [-0.2, -0.15) is 0 Å². The summed E-state index contributed by atoms with van der Waals surface area (Å²) in [5.74, 6) is -0.204. The van der Waals surface area contributed by atoms with Gasteiger partial charge in [-0.05, 0) is 41.5 Å². The molecular weight excluding hydrogens is 388 g/mol. The van der Waals surface area contributed by atoms with Gasteiger partial charge in [-0.15, -0.1) is 0 Å². The van der Waals surface area contributed by atoms with Crippen LogP contribution in [-0.2, 0) is 9.59 Å². The van der Waals surface area contributed by atoms with Gasteiger partial charge in [-0.1, -0.05) is 30.0 Å². The molecule has 1 saturated heterocycles. The van der Waals surface area contributed by atoms with Crippen LogP contribution >= 0.6 is 24.0 Å². The van der Waals surface area contributed by atoms with Crippen LogP contribution in [0.25, 0.3) is 17.1 Å². The molecule has 3 heterocycles. The predicted octanol–water partition coefficient (Wildman–Crippen LogP) is 3.04. The maximum Gasteiger partial charge on any atom is 0.267 e. The van der Waals surface area contributed by atoms with Crippen LogP contribution in [0.15, 0.2) is 50.5 Å². The van der Waals surface area contributed by atoms with Crippen molar-refractivity contribution in [1.82, 2.24) is 15.2 Å². The first kappa shape index (κ1) is 17.4. The van der Waals surface area contributed by atoms with Crippen LogP contribution < -0.4 is 5.32 Å². The summed E-state index contributed by atoms with van der Waals surface area (Å²) in [5.41, 5.74) is 1.40. The van der Waals surface area contributed by atoms with Crippen molar-refractivity contribution in [3.05, 3.63) is 47.3 Å². The number of hydrogen-bond donors (Lipinski definition) is 1. The molecule has 0 radical (unpaired) electrons. The molecule has 0 saturated carbocycles. The summed E-state index contributed by atoms with van der Waals surface area (Å²) in [5, 5.41) is 10.3. The molecule has 0 spiro atoms. The number of carbonyl (C=O) groups is 2. The number of anilines is 1. The third-order valence-corrected chi connectivity index (χ3v) is 5.28. The predicted molar refractivity (Wildman–Crippen MR) is 104 cm³/mol. The molecule has 1 unspecified atom stereocenters. The van der Waals surface area contributed by atoms with Crippen molar-refractivity contribution in [3.8, 4) is 0 Å². The number of carbonyl (C=O) groups excluding carboxylic acids is 2. The van der Waals surface area contributed by atoms with Crippen molar-refractivity contribution in [1.29, 1.82) is 0 Å². The van der Waals surface area contributed by atoms with Crippen LogP contribution in [-0.4, -0.2) is 37.4 Å². The fraction of sp³-hybridized carbons (Fsp3) is 0.118. The van der Waals surface area contributed by atoms with Crippen LogP contribution in [0.2, 0.25) is 0 Å². The molecule has 1 atom stereocenters. The van der Waals surface area contributed by atoms with Crippen molar-refractivity contribution >= 4 is 62.9 Å². The van der Waals surface area contributed by atoms with Gasteiger partial charge in [0.05, 0.1) is 16.9 Å². The third-order valence-electron chi connectivity index (χ3n) is 3.95. The Hall–Kier alpha value is -2.98. The minimum atomic E-state index is -0.810. The van der Waals surface area contributed by atoms with Crippen molar-refractivity contribution in [2.45, 2.75) is 13.0 Å². The molecule has 1 fully saturated rings. The average molecular weight is 400 g/mol. The molecule has 1 aliphatic rings. The Morgan fingerprint density at radius 1 is 1.33 bits per heavy atom. The maximum atomic E-state index is 12.7. The highest BCUT2D eigenvalue weighted by atomic mass is 32.2. The van der Waals surface area contributed by atoms with Gasteiger partial charge < -0.3 is 9.73 Å². The zero-order valence-electron chi connectivity index (χ0n) is 13.9. The van der Waals surface area contributed by atoms with E-state index in [1.54, 1.807) is 43.3 Å². The fourth-order valence-corrected chi connectivity index (χ4v) is 3.98. The zero-order chi connectivity index (χ0) is 19.0. The van der Waals surface area contributed by atoms with Gasteiger partial charge in [0.25, 0.3) is 5.91 Å². The third kappa shape index (κ3) is 3.24. The number of aromatic nitrogens is 2. The Labute approximate surface area is 162 Å². The zero-order valence-corrected chi connectivity index (χ0v) is 15.5. The lowest BCUT2D eigenvalue weighted by molar-refractivity contribution is -0.129. The molecule has 0 bridgehead atoms. The number of nitrogens with one attached hydrogen (secondary N) is 1. The summed E-state index contributed by atoms with van der Waals surface area (Å²) in [6.07, 6.45) is 3.12. The van der Waals surface area contributed by atoms with Gasteiger partial charge in [-0.3, -0.25) is 14.5 Å². The normalized spacial score (nSPS) is 17.1. The molecule has 136 valence electrons. The van der Waals surface area contributed by atoms with E-state index in [4.69, 9.17) is 16.6 Å². The standard InChI is InChI=1S/C17H12N4O4S2/c1-9(15(22)18-11-5-2-6-12-14(11)20-25-19-12)21-16(23)13(27-17(21)26)8-10-4-3-7-24-10/h2-9H,1H3,(H,18,22). The molecule has 2 aromatic heterocycles. The van der Waals surface area contributed by atoms with E-state index in [2.05, 4.69) is 20.3 Å². The highest BCUT2D eigenvalue weighted by molar-refractivity contribution is 8.26. The lowest BCUT2D eigenvalue weighted by Crippen LogP contribution is -2.44. The van der Waals surface area contributed by atoms with E-state index in [9.17, 15) is 9.59 Å². The lowest BCUT2D eigenvalue weighted by atomic mass is 10.2. The molecule has 1 N–H and O–H groups in total. The molecule has 0 aliphatic carbocycles. The largest absolute Gasteiger partial charge is 0.465 e. The summed E-state index contributed by atoms with van der Waals surface area (Å²) < 4.78 is 10.2. The average Bonchev–Trinajstić information content (AvgIpc) is 3.37. The number of amides is 2. The minimum Gasteiger partial charge on any atom is -0.465 e. The number of thiocarbonyl (C=S) groups is 1. The van der Waals surface area contributed by atoms with E-state index in [0.717, 1.165) is 11.8 Å². The number of furan rings is 1. The summed E-state index contributed by atoms with van der Waals surface area (Å²) in [6.45, 7) is 1.61. The minimum absolute atomic E-state index is 0.307. The van der Waals surface area contributed by atoms with Crippen LogP contribution in [0.4, 0.5) is 5.69 Å². The quantitative estimate of drug-likeness (QED) is 0.527. The molecule has 1 aromatic carbocycles. The molecule has 4 rings (SSSR count). The van der Waals surface area contributed by atoms with Gasteiger partial charge in [0.2, 0.25) is 5.91 Å². The number of fused-ring (bicyclic) bond motifs is 1. The number of rotatable bonds is 4. The molecule has 10 heteroatoms. The highest BCUT2D eigenvalue weighted by Crippen LogP contribution is 2.34. The van der Waals surface area contributed by atoms with E-state index >= 15 is 0 Å². The van der Waals surface area contributed by atoms with E-state index in [0.29, 0.717) is 31.7 Å². The van der Waals surface area contributed by atoms with Crippen LogP contribution in [0.5, 0.6) is 0 Å². The number of benzene rings is 1. The van der Waals surface area contributed by atoms with Crippen molar-refractivity contribution in [2.24, 2.45) is 0 Å². The first-order valence-corrected chi connectivity index (χ1v) is 9.10. The van der Waals surface area contributed by atoms with Crippen LogP contribution in [0.3, 0.4) is 0 Å². The molecule has 27 heavy (non-hydrogen) atoms. The van der Waals surface area contributed by atoms with Crippen molar-refractivity contribution in [2.75, 3.05) is 5.32 Å². The summed E-state index contributed by atoms with van der Waals surface area (Å²) in [6, 6.07) is 7.76. The first-order valence-electron chi connectivity index (χ1n) is 7.87. The van der Waals surface area contributed by atoms with E-state index in [1.807, 2.05) is 0 Å². The molecular formula is C17H12N4O4S2. The second-order valence-corrected chi connectivity index (χ2v) is 7.35. The van der Waals surface area contributed by atoms with Gasteiger partial charge >= 0.3 is 0 Å². The molecule has 2 amide bonds. The second kappa shape index (κ2) is 6.97. The van der Waals surface area contributed by atoms with Crippen LogP contribution in [0.1, 0.15) is 12.7 Å². The molecule has 3 aromatic rings. The maximum absolute atomic E-state index is 12.7. The summed E-state index contributed by atoms with van der Waals surface area (Å²) >= 11 is 6.42. The van der Waals surface area contributed by atoms with Crippen molar-refractivity contribution in [3.63, 3.8) is 0 Å². The Balaban J connectivity index is 1.54. The van der Waals surface area contributed by atoms with Crippen LogP contribution in [0, 0.1) is 0 Å². The highest BCUT2D eigenvalue weighted by Gasteiger charge is 2.38. The van der Waals surface area contributed by atoms with Gasteiger partial charge in [0.15, 0.2) is 5.52 Å². The Morgan fingerprint density at radius 3 is 2.96 bits per heavy atom. The second-order valence-electron chi connectivity index (χ2n) is 5.67. The van der Waals surface area contributed by atoms with E-state index in [1.165, 1.54) is 11.2 Å². The smallest absolute Gasteiger partial charge is 0.267 e. The topological polar surface area (TPSA) is 101 Å². The van der Waals surface area contributed by atoms with Gasteiger partial charge in [-0.25, -0.2) is 4.63 Å². The summed E-state index contributed by atoms with van der Waals surface area (Å²) in [4.78, 5) is 27.1. The Bertz CT molecular complexity index is 1070. The number of nitrogens with zero attached hydrogens (tertiary/aromatic N) is 3. The number of thioether (sulfide) groups is 1.